The molecule has 0 aliphatic carbocycles. The number of hydrogen-bond donors (Lipinski definition) is 0. The third-order valence-electron chi connectivity index (χ3n) is 30.3. The van der Waals surface area contributed by atoms with Crippen LogP contribution in [0.2, 0.25) is 275 Å². The summed E-state index contributed by atoms with van der Waals surface area (Å²) in [6, 6.07) is 0. The second kappa shape index (κ2) is 17.5. The molecule has 0 unspecified atom stereocenters. The van der Waals surface area contributed by atoms with Gasteiger partial charge in [0.1, 0.15) is 0 Å². The van der Waals surface area contributed by atoms with E-state index >= 15 is 0 Å². The third-order valence-corrected chi connectivity index (χ3v) is 516. The molecule has 62 heavy (non-hydrogen) atoms. The second-order valence-corrected chi connectivity index (χ2v) is 272. The first-order valence-corrected chi connectivity index (χ1v) is 106. The standard InChI is InChI=1S/C42H126Si20/c1-43(2,3)45(7,8)47(11,12)49(15,16)51(19,20)53(23,24)55(27,28)57(31,32)59(35,36)61(39,40)62(41,42)60(37,38)58(33,34)56(29,30)54(25,26)52(21,22)50(17,18)48(13,14)46(9,10)44(4,5)6/h1-42H3. The average molecular weight is 1190 g/mol. The topological polar surface area (TPSA) is 0 Å². The fourth-order valence-corrected chi connectivity index (χ4v) is 732. The lowest BCUT2D eigenvalue weighted by molar-refractivity contribution is 1.71. The quantitative estimate of drug-likeness (QED) is 0.113. The zero-order chi connectivity index (χ0) is 52.0. The summed E-state index contributed by atoms with van der Waals surface area (Å²) < 4.78 is 0. The molecule has 0 rings (SSSR count). The summed E-state index contributed by atoms with van der Waals surface area (Å²) >= 11 is 0. The Morgan fingerprint density at radius 3 is 0.177 bits per heavy atom. The molecule has 0 aromatic carbocycles. The van der Waals surface area contributed by atoms with Gasteiger partial charge in [-0.2, -0.15) is 0 Å². The van der Waals surface area contributed by atoms with Crippen molar-refractivity contribution in [2.75, 3.05) is 0 Å². The van der Waals surface area contributed by atoms with Gasteiger partial charge in [0.05, 0.1) is 0 Å². The number of hydrogen-bond acceptors (Lipinski definition) is 0. The van der Waals surface area contributed by atoms with Gasteiger partial charge in [-0.05, 0) is 0 Å². The molecule has 0 nitrogen and oxygen atoms in total. The Morgan fingerprint density at radius 2 is 0.129 bits per heavy atom. The van der Waals surface area contributed by atoms with Crippen molar-refractivity contribution in [1.82, 2.24) is 0 Å². The highest BCUT2D eigenvalue weighted by Crippen LogP contribution is 2.53. The van der Waals surface area contributed by atoms with E-state index in [1.165, 1.54) is 0 Å². The summed E-state index contributed by atoms with van der Waals surface area (Å²) in [5, 5.41) is 0. The van der Waals surface area contributed by atoms with Crippen LogP contribution in [-0.2, 0) is 0 Å². The van der Waals surface area contributed by atoms with E-state index in [2.05, 4.69) is 275 Å². The molecule has 0 aromatic heterocycles. The van der Waals surface area contributed by atoms with E-state index in [0.717, 1.165) is 0 Å². The smallest absolute Gasteiger partial charge is 0.0354 e. The van der Waals surface area contributed by atoms with Gasteiger partial charge >= 0.3 is 0 Å². The van der Waals surface area contributed by atoms with Crippen molar-refractivity contribution in [2.45, 2.75) is 275 Å². The zero-order valence-electron chi connectivity index (χ0n) is 52.0. The third kappa shape index (κ3) is 8.40. The molecule has 0 bridgehead atoms. The molecule has 0 aromatic rings. The molecule has 0 heterocycles. The van der Waals surface area contributed by atoms with Gasteiger partial charge in [0, 0.05) is 143 Å². The molecular weight excluding hydrogens is 1070 g/mol. The predicted molar refractivity (Wildman–Crippen MR) is 361 cm³/mol. The Kier molecular flexibility index (Phi) is 18.7. The molecule has 0 saturated heterocycles. The van der Waals surface area contributed by atoms with Crippen molar-refractivity contribution in [3.8, 4) is 0 Å². The van der Waals surface area contributed by atoms with E-state index in [9.17, 15) is 0 Å². The van der Waals surface area contributed by atoms with Gasteiger partial charge < -0.3 is 0 Å². The van der Waals surface area contributed by atoms with Gasteiger partial charge in [-0.3, -0.25) is 0 Å². The van der Waals surface area contributed by atoms with Crippen molar-refractivity contribution in [3.63, 3.8) is 0 Å². The van der Waals surface area contributed by atoms with Crippen LogP contribution in [0.1, 0.15) is 0 Å². The molecule has 0 aliphatic rings. The van der Waals surface area contributed by atoms with Gasteiger partial charge in [0.2, 0.25) is 0 Å². The molecule has 0 spiro atoms. The molecule has 0 atom stereocenters. The summed E-state index contributed by atoms with van der Waals surface area (Å²) in [4.78, 5) is 0. The van der Waals surface area contributed by atoms with Crippen molar-refractivity contribution in [3.05, 3.63) is 0 Å². The van der Waals surface area contributed by atoms with Crippen molar-refractivity contribution in [1.29, 1.82) is 0 Å². The molecule has 0 aliphatic heterocycles. The normalized spacial score (nSPS) is 17.5. The minimum atomic E-state index is -1.60. The van der Waals surface area contributed by atoms with Gasteiger partial charge in [-0.15, -0.1) is 0 Å². The zero-order valence-corrected chi connectivity index (χ0v) is 72.0. The van der Waals surface area contributed by atoms with E-state index in [0.29, 0.717) is 0 Å². The maximum atomic E-state index is 3.14. The lowest BCUT2D eigenvalue weighted by Crippen LogP contribution is -2.98. The van der Waals surface area contributed by atoms with E-state index in [-0.39, 0.29) is 0 Å². The molecule has 374 valence electrons. The molecule has 0 fully saturated rings. The summed E-state index contributed by atoms with van der Waals surface area (Å²) in [5.41, 5.74) is 0. The summed E-state index contributed by atoms with van der Waals surface area (Å²) in [5.74, 6) is 0. The minimum Gasteiger partial charge on any atom is -0.0735 e. The van der Waals surface area contributed by atoms with Crippen molar-refractivity contribution >= 4 is 143 Å². The lowest BCUT2D eigenvalue weighted by atomic mass is 11.8. The van der Waals surface area contributed by atoms with Crippen molar-refractivity contribution in [2.24, 2.45) is 0 Å². The first-order valence-electron chi connectivity index (χ1n) is 25.8. The summed E-state index contributed by atoms with van der Waals surface area (Å²) in [6.45, 7) is 127. The van der Waals surface area contributed by atoms with Crippen LogP contribution < -0.4 is 0 Å². The summed E-state index contributed by atoms with van der Waals surface area (Å²) in [6.07, 6.45) is 0. The van der Waals surface area contributed by atoms with E-state index in [1.54, 1.807) is 0 Å². The van der Waals surface area contributed by atoms with Crippen LogP contribution in [-0.4, -0.2) is 143 Å². The van der Waals surface area contributed by atoms with Crippen LogP contribution in [0.4, 0.5) is 0 Å². The highest BCUT2D eigenvalue weighted by molar-refractivity contribution is 8.13. The van der Waals surface area contributed by atoms with E-state index in [1.807, 2.05) is 0 Å². The Bertz CT molecular complexity index is 1500. The monoisotopic (exact) mass is 1190 g/mol. The van der Waals surface area contributed by atoms with Gasteiger partial charge in [-0.25, -0.2) is 0 Å². The van der Waals surface area contributed by atoms with Crippen LogP contribution in [0, 0.1) is 0 Å². The average Bonchev–Trinajstić information content (AvgIpc) is 3.01. The molecule has 20 heteroatoms. The summed E-state index contributed by atoms with van der Waals surface area (Å²) in [7, 11) is -29.6. The van der Waals surface area contributed by atoms with Gasteiger partial charge in [0.15, 0.2) is 0 Å². The molecule has 0 N–H and O–H groups in total. The minimum absolute atomic E-state index is 1.20. The van der Waals surface area contributed by atoms with Crippen LogP contribution in [0.15, 0.2) is 0 Å². The second-order valence-electron chi connectivity index (χ2n) is 33.8. The van der Waals surface area contributed by atoms with Crippen LogP contribution in [0.25, 0.3) is 0 Å². The maximum absolute atomic E-state index is 3.14. The maximum Gasteiger partial charge on any atom is 0.0354 e. The Hall–Kier alpha value is 4.34. The van der Waals surface area contributed by atoms with Gasteiger partial charge in [-0.1, -0.05) is 275 Å². The molecule has 0 saturated carbocycles. The van der Waals surface area contributed by atoms with Crippen LogP contribution >= 0.6 is 0 Å². The highest BCUT2D eigenvalue weighted by Gasteiger charge is 2.76. The fraction of sp³-hybridized carbons (Fsp3) is 1.00. The SMILES string of the molecule is C[Si](C)(C)[Si](C)(C)[Si](C)(C)[Si](C)(C)[Si](C)(C)[Si](C)(C)[Si](C)(C)[Si](C)(C)[Si](C)(C)[Si](C)(C)[Si](C)(C)[Si](C)(C)[Si](C)(C)[Si](C)(C)[Si](C)(C)[Si](C)(C)[Si](C)(C)[Si](C)(C)[Si](C)(C)[Si](C)(C)C. The molecule has 0 radical (unpaired) electrons. The number of rotatable bonds is 19. The first kappa shape index (κ1) is 66.3. The van der Waals surface area contributed by atoms with E-state index < -0.39 is 143 Å². The molecular formula is C42H126Si20. The Balaban J connectivity index is 7.98. The predicted octanol–water partition coefficient (Wildman–Crippen LogP) is 16.9. The van der Waals surface area contributed by atoms with Gasteiger partial charge in [0.25, 0.3) is 0 Å². The highest BCUT2D eigenvalue weighted by atomic mass is 30.2. The largest absolute Gasteiger partial charge is 0.0735 e. The Morgan fingerprint density at radius 1 is 0.0806 bits per heavy atom. The van der Waals surface area contributed by atoms with Crippen molar-refractivity contribution < 1.29 is 0 Å². The van der Waals surface area contributed by atoms with E-state index in [4.69, 9.17) is 0 Å². The lowest BCUT2D eigenvalue weighted by Gasteiger charge is -2.71. The van der Waals surface area contributed by atoms with Crippen LogP contribution in [0.5, 0.6) is 0 Å². The van der Waals surface area contributed by atoms with Crippen LogP contribution in [0.3, 0.4) is 0 Å². The fourth-order valence-electron chi connectivity index (χ4n) is 14.4. The molecule has 0 amide bonds. The first-order chi connectivity index (χ1) is 25.8. The Labute approximate surface area is 413 Å².